The largest absolute Gasteiger partial charge is 0.346 e. The smallest absolute Gasteiger partial charge is 0.254 e. The number of nitrogens with one attached hydrogen (secondary N) is 2. The summed E-state index contributed by atoms with van der Waals surface area (Å²) in [4.78, 5) is 23.8. The Hall–Kier alpha value is -1.66. The summed E-state index contributed by atoms with van der Waals surface area (Å²) < 4.78 is 14.3. The Morgan fingerprint density at radius 1 is 1.42 bits per heavy atom. The minimum atomic E-state index is -0.646. The van der Waals surface area contributed by atoms with Gasteiger partial charge in [0.15, 0.2) is 0 Å². The second-order valence-corrected chi connectivity index (χ2v) is 6.85. The van der Waals surface area contributed by atoms with Crippen LogP contribution >= 0.6 is 12.4 Å². The average molecular weight is 358 g/mol. The van der Waals surface area contributed by atoms with Gasteiger partial charge in [-0.15, -0.1) is 12.4 Å². The van der Waals surface area contributed by atoms with Crippen molar-refractivity contribution in [1.29, 1.82) is 0 Å². The number of anilines is 1. The molecule has 0 radical (unpaired) electrons. The van der Waals surface area contributed by atoms with Crippen LogP contribution in [0.25, 0.3) is 0 Å². The minimum absolute atomic E-state index is 0. The maximum absolute atomic E-state index is 14.3. The van der Waals surface area contributed by atoms with E-state index >= 15 is 0 Å². The molecule has 2 rings (SSSR count). The summed E-state index contributed by atoms with van der Waals surface area (Å²) in [5.74, 6) is -0.905. The molecule has 1 aliphatic rings. The molecule has 24 heavy (non-hydrogen) atoms. The summed E-state index contributed by atoms with van der Waals surface area (Å²) in [6.07, 6.45) is 1.55. The minimum Gasteiger partial charge on any atom is -0.346 e. The van der Waals surface area contributed by atoms with Gasteiger partial charge in [0.25, 0.3) is 5.91 Å². The Morgan fingerprint density at radius 3 is 2.67 bits per heavy atom. The molecule has 0 fully saturated rings. The maximum atomic E-state index is 14.3. The van der Waals surface area contributed by atoms with Crippen LogP contribution in [0.4, 0.5) is 10.1 Å². The zero-order chi connectivity index (χ0) is 17.2. The van der Waals surface area contributed by atoms with E-state index in [0.717, 1.165) is 5.56 Å². The van der Waals surface area contributed by atoms with Crippen molar-refractivity contribution in [2.24, 2.45) is 11.7 Å². The number of benzene rings is 1. The van der Waals surface area contributed by atoms with Crippen LogP contribution in [-0.4, -0.2) is 23.9 Å². The molecule has 5 nitrogen and oxygen atoms in total. The number of hydrogen-bond donors (Lipinski definition) is 3. The Bertz CT molecular complexity index is 637. The molecule has 4 N–H and O–H groups in total. The van der Waals surface area contributed by atoms with E-state index in [1.165, 1.54) is 12.1 Å². The van der Waals surface area contributed by atoms with Crippen molar-refractivity contribution in [2.75, 3.05) is 11.9 Å². The fourth-order valence-corrected chi connectivity index (χ4v) is 3.00. The standard InChI is InChI=1S/C17H24FN3O2.ClH/c1-10(2)8-17(3,9-19)21-16(23)12-6-11-4-5-15(22)20-14(11)7-13(12)18;/h6-7,10H,4-5,8-9,19H2,1-3H3,(H,20,22)(H,21,23);1H. The van der Waals surface area contributed by atoms with Crippen molar-refractivity contribution in [3.63, 3.8) is 0 Å². The molecule has 1 aliphatic heterocycles. The molecule has 0 bridgehead atoms. The van der Waals surface area contributed by atoms with Gasteiger partial charge in [0.05, 0.1) is 5.56 Å². The third kappa shape index (κ3) is 4.68. The van der Waals surface area contributed by atoms with Gasteiger partial charge >= 0.3 is 0 Å². The number of fused-ring (bicyclic) bond motifs is 1. The van der Waals surface area contributed by atoms with Crippen molar-refractivity contribution in [1.82, 2.24) is 5.32 Å². The van der Waals surface area contributed by atoms with Crippen LogP contribution in [0.3, 0.4) is 0 Å². The quantitative estimate of drug-likeness (QED) is 0.757. The predicted molar refractivity (Wildman–Crippen MR) is 95.0 cm³/mol. The molecule has 0 aliphatic carbocycles. The monoisotopic (exact) mass is 357 g/mol. The summed E-state index contributed by atoms with van der Waals surface area (Å²) in [5.41, 5.74) is 6.41. The Balaban J connectivity index is 0.00000288. The van der Waals surface area contributed by atoms with Crippen molar-refractivity contribution in [2.45, 2.75) is 45.6 Å². The van der Waals surface area contributed by atoms with Crippen LogP contribution in [0.15, 0.2) is 12.1 Å². The molecule has 1 heterocycles. The Labute approximate surface area is 148 Å². The highest BCUT2D eigenvalue weighted by molar-refractivity contribution is 5.98. The Morgan fingerprint density at radius 2 is 2.08 bits per heavy atom. The molecule has 2 amide bonds. The van der Waals surface area contributed by atoms with Gasteiger partial charge in [0.1, 0.15) is 5.82 Å². The SMILES string of the molecule is CC(C)CC(C)(CN)NC(=O)c1cc2c(cc1F)NC(=O)CC2.Cl. The molecule has 0 saturated carbocycles. The topological polar surface area (TPSA) is 84.2 Å². The fourth-order valence-electron chi connectivity index (χ4n) is 3.00. The first-order valence-electron chi connectivity index (χ1n) is 7.89. The molecule has 1 atom stereocenters. The molecular weight excluding hydrogens is 333 g/mol. The maximum Gasteiger partial charge on any atom is 0.254 e. The number of amides is 2. The highest BCUT2D eigenvalue weighted by atomic mass is 35.5. The van der Waals surface area contributed by atoms with Gasteiger partial charge in [0, 0.05) is 24.2 Å². The van der Waals surface area contributed by atoms with E-state index in [-0.39, 0.29) is 30.4 Å². The van der Waals surface area contributed by atoms with Crippen LogP contribution in [0.2, 0.25) is 0 Å². The van der Waals surface area contributed by atoms with Gasteiger partial charge in [-0.3, -0.25) is 9.59 Å². The van der Waals surface area contributed by atoms with Gasteiger partial charge < -0.3 is 16.4 Å². The number of nitrogens with two attached hydrogens (primary N) is 1. The first-order valence-corrected chi connectivity index (χ1v) is 7.89. The number of hydrogen-bond acceptors (Lipinski definition) is 3. The third-order valence-corrected chi connectivity index (χ3v) is 4.06. The van der Waals surface area contributed by atoms with E-state index in [9.17, 15) is 14.0 Å². The van der Waals surface area contributed by atoms with Gasteiger partial charge in [-0.2, -0.15) is 0 Å². The molecule has 0 saturated heterocycles. The summed E-state index contributed by atoms with van der Waals surface area (Å²) in [5, 5.41) is 5.48. The normalized spacial score (nSPS) is 15.8. The van der Waals surface area contributed by atoms with Gasteiger partial charge in [0.2, 0.25) is 5.91 Å². The zero-order valence-corrected chi connectivity index (χ0v) is 15.1. The average Bonchev–Trinajstić information content (AvgIpc) is 2.45. The van der Waals surface area contributed by atoms with Gasteiger partial charge in [-0.1, -0.05) is 13.8 Å². The fraction of sp³-hybridized carbons (Fsp3) is 0.529. The number of halogens is 2. The van der Waals surface area contributed by atoms with Crippen LogP contribution < -0.4 is 16.4 Å². The van der Waals surface area contributed by atoms with E-state index in [1.807, 2.05) is 20.8 Å². The lowest BCUT2D eigenvalue weighted by Crippen LogP contribution is -2.52. The molecule has 1 aromatic carbocycles. The predicted octanol–water partition coefficient (Wildman–Crippen LogP) is 2.63. The highest BCUT2D eigenvalue weighted by Crippen LogP contribution is 2.26. The van der Waals surface area contributed by atoms with E-state index < -0.39 is 17.3 Å². The van der Waals surface area contributed by atoms with Crippen molar-refractivity contribution < 1.29 is 14.0 Å². The first-order chi connectivity index (χ1) is 10.7. The van der Waals surface area contributed by atoms with E-state index in [0.29, 0.717) is 30.9 Å². The third-order valence-electron chi connectivity index (χ3n) is 4.06. The van der Waals surface area contributed by atoms with Crippen LogP contribution in [0, 0.1) is 11.7 Å². The van der Waals surface area contributed by atoms with Crippen molar-refractivity contribution in [3.05, 3.63) is 29.1 Å². The summed E-state index contributed by atoms with van der Waals surface area (Å²) in [7, 11) is 0. The number of carbonyl (C=O) groups excluding carboxylic acids is 2. The van der Waals surface area contributed by atoms with E-state index in [4.69, 9.17) is 5.73 Å². The summed E-state index contributed by atoms with van der Waals surface area (Å²) >= 11 is 0. The van der Waals surface area contributed by atoms with E-state index in [1.54, 1.807) is 0 Å². The first kappa shape index (κ1) is 20.4. The van der Waals surface area contributed by atoms with Crippen molar-refractivity contribution >= 4 is 29.9 Å². The van der Waals surface area contributed by atoms with Crippen LogP contribution in [0.1, 0.15) is 49.5 Å². The summed E-state index contributed by atoms with van der Waals surface area (Å²) in [6, 6.07) is 2.73. The number of carbonyl (C=O) groups is 2. The molecular formula is C17H25ClFN3O2. The summed E-state index contributed by atoms with van der Waals surface area (Å²) in [6.45, 7) is 6.23. The second kappa shape index (κ2) is 7.94. The molecule has 7 heteroatoms. The second-order valence-electron chi connectivity index (χ2n) is 6.85. The molecule has 0 spiro atoms. The van der Waals surface area contributed by atoms with Crippen molar-refractivity contribution in [3.8, 4) is 0 Å². The highest BCUT2D eigenvalue weighted by Gasteiger charge is 2.28. The molecule has 0 aromatic heterocycles. The molecule has 1 unspecified atom stereocenters. The lowest BCUT2D eigenvalue weighted by atomic mass is 9.90. The lowest BCUT2D eigenvalue weighted by Gasteiger charge is -2.31. The Kier molecular flexibility index (Phi) is 6.75. The number of aryl methyl sites for hydroxylation is 1. The zero-order valence-electron chi connectivity index (χ0n) is 14.2. The molecule has 1 aromatic rings. The lowest BCUT2D eigenvalue weighted by molar-refractivity contribution is -0.116. The number of rotatable bonds is 5. The van der Waals surface area contributed by atoms with E-state index in [2.05, 4.69) is 10.6 Å². The van der Waals surface area contributed by atoms with Crippen LogP contribution in [-0.2, 0) is 11.2 Å². The van der Waals surface area contributed by atoms with Gasteiger partial charge in [-0.25, -0.2) is 4.39 Å². The van der Waals surface area contributed by atoms with Gasteiger partial charge in [-0.05, 0) is 43.4 Å². The molecule has 134 valence electrons. The van der Waals surface area contributed by atoms with Crippen LogP contribution in [0.5, 0.6) is 0 Å².